The Balaban J connectivity index is 1.86. The van der Waals surface area contributed by atoms with Crippen LogP contribution >= 0.6 is 11.8 Å². The third-order valence-corrected chi connectivity index (χ3v) is 4.52. The molecule has 1 aromatic carbocycles. The fourth-order valence-corrected chi connectivity index (χ4v) is 2.80. The molecule has 0 radical (unpaired) electrons. The van der Waals surface area contributed by atoms with E-state index in [0.717, 1.165) is 12.1 Å². The number of benzene rings is 1. The predicted molar refractivity (Wildman–Crippen MR) is 93.7 cm³/mol. The van der Waals surface area contributed by atoms with E-state index in [2.05, 4.69) is 22.4 Å². The molecular formula is C16H21N5O2S. The maximum absolute atomic E-state index is 12.0. The number of nitrogens with zero attached hydrogens (tertiary/aromatic N) is 3. The molecule has 0 aliphatic rings. The van der Waals surface area contributed by atoms with E-state index < -0.39 is 0 Å². The topological polar surface area (TPSA) is 103 Å². The van der Waals surface area contributed by atoms with Gasteiger partial charge < -0.3 is 15.6 Å². The highest BCUT2D eigenvalue weighted by atomic mass is 32.2. The summed E-state index contributed by atoms with van der Waals surface area (Å²) < 4.78 is 1.77. The fraction of sp³-hybridized carbons (Fsp3) is 0.375. The highest BCUT2D eigenvalue weighted by molar-refractivity contribution is 7.99. The number of hydrogen-bond acceptors (Lipinski definition) is 5. The zero-order valence-corrected chi connectivity index (χ0v) is 14.6. The van der Waals surface area contributed by atoms with E-state index in [1.54, 1.807) is 11.6 Å². The van der Waals surface area contributed by atoms with Crippen molar-refractivity contribution in [2.75, 3.05) is 11.1 Å². The zero-order chi connectivity index (χ0) is 17.5. The lowest BCUT2D eigenvalue weighted by atomic mass is 10.1. The van der Waals surface area contributed by atoms with Crippen LogP contribution in [-0.2, 0) is 29.5 Å². The Morgan fingerprint density at radius 3 is 2.58 bits per heavy atom. The lowest BCUT2D eigenvalue weighted by molar-refractivity contribution is -0.118. The van der Waals surface area contributed by atoms with Crippen molar-refractivity contribution in [2.24, 2.45) is 12.8 Å². The molecule has 0 fully saturated rings. The maximum Gasteiger partial charge on any atom is 0.234 e. The number of rotatable bonds is 8. The van der Waals surface area contributed by atoms with Gasteiger partial charge in [0.15, 0.2) is 5.16 Å². The Morgan fingerprint density at radius 2 is 1.96 bits per heavy atom. The fourth-order valence-electron chi connectivity index (χ4n) is 2.07. The molecule has 0 bridgehead atoms. The minimum Gasteiger partial charge on any atom is -0.370 e. The number of nitrogens with one attached hydrogen (secondary N) is 1. The molecule has 0 aliphatic carbocycles. The van der Waals surface area contributed by atoms with Gasteiger partial charge in [-0.25, -0.2) is 0 Å². The number of carbonyl (C=O) groups is 2. The van der Waals surface area contributed by atoms with Gasteiger partial charge in [0.1, 0.15) is 5.82 Å². The van der Waals surface area contributed by atoms with Crippen LogP contribution in [-0.4, -0.2) is 32.3 Å². The van der Waals surface area contributed by atoms with E-state index in [0.29, 0.717) is 17.4 Å². The zero-order valence-electron chi connectivity index (χ0n) is 13.8. The molecule has 0 aliphatic heterocycles. The van der Waals surface area contributed by atoms with Gasteiger partial charge in [-0.15, -0.1) is 10.2 Å². The smallest absolute Gasteiger partial charge is 0.234 e. The number of hydrogen-bond donors (Lipinski definition) is 2. The molecule has 0 atom stereocenters. The minimum absolute atomic E-state index is 0.106. The molecule has 7 nitrogen and oxygen atoms in total. The van der Waals surface area contributed by atoms with E-state index in [4.69, 9.17) is 5.73 Å². The molecule has 0 unspecified atom stereocenters. The normalized spacial score (nSPS) is 10.6. The van der Waals surface area contributed by atoms with E-state index in [-0.39, 0.29) is 24.0 Å². The number of amides is 2. The van der Waals surface area contributed by atoms with Gasteiger partial charge >= 0.3 is 0 Å². The second kappa shape index (κ2) is 8.49. The molecule has 1 heterocycles. The number of aromatic nitrogens is 3. The molecule has 128 valence electrons. The molecule has 3 N–H and O–H groups in total. The standard InChI is InChI=1S/C16H21N5O2S/c1-3-11-4-6-12(7-5-11)18-15(23)10-24-16-20-19-14(21(16)2)9-8-13(17)22/h4-7H,3,8-10H2,1-2H3,(H2,17,22)(H,18,23). The molecule has 0 saturated heterocycles. The Kier molecular flexibility index (Phi) is 6.36. The van der Waals surface area contributed by atoms with Gasteiger partial charge in [-0.1, -0.05) is 30.8 Å². The monoisotopic (exact) mass is 347 g/mol. The van der Waals surface area contributed by atoms with Crippen molar-refractivity contribution >= 4 is 29.3 Å². The highest BCUT2D eigenvalue weighted by Gasteiger charge is 2.12. The van der Waals surface area contributed by atoms with Crippen LogP contribution in [0.1, 0.15) is 24.7 Å². The third-order valence-electron chi connectivity index (χ3n) is 3.50. The van der Waals surface area contributed by atoms with Gasteiger partial charge in [0.2, 0.25) is 11.8 Å². The summed E-state index contributed by atoms with van der Waals surface area (Å²) >= 11 is 1.30. The van der Waals surface area contributed by atoms with Gasteiger partial charge in [-0.05, 0) is 24.1 Å². The molecule has 2 amide bonds. The quantitative estimate of drug-likeness (QED) is 0.705. The number of anilines is 1. The molecule has 0 saturated carbocycles. The minimum atomic E-state index is -0.374. The van der Waals surface area contributed by atoms with E-state index in [1.165, 1.54) is 17.3 Å². The van der Waals surface area contributed by atoms with Gasteiger partial charge in [-0.2, -0.15) is 0 Å². The Bertz CT molecular complexity index is 712. The van der Waals surface area contributed by atoms with Crippen LogP contribution in [0.2, 0.25) is 0 Å². The first-order valence-electron chi connectivity index (χ1n) is 7.67. The highest BCUT2D eigenvalue weighted by Crippen LogP contribution is 2.17. The molecule has 24 heavy (non-hydrogen) atoms. The Hall–Kier alpha value is -2.35. The van der Waals surface area contributed by atoms with E-state index >= 15 is 0 Å². The van der Waals surface area contributed by atoms with Crippen molar-refractivity contribution < 1.29 is 9.59 Å². The van der Waals surface area contributed by atoms with Gasteiger partial charge in [0.05, 0.1) is 5.75 Å². The molecular weight excluding hydrogens is 326 g/mol. The van der Waals surface area contributed by atoms with Crippen molar-refractivity contribution in [1.82, 2.24) is 14.8 Å². The van der Waals surface area contributed by atoms with Crippen molar-refractivity contribution in [3.05, 3.63) is 35.7 Å². The maximum atomic E-state index is 12.0. The van der Waals surface area contributed by atoms with Crippen LogP contribution in [0, 0.1) is 0 Å². The lowest BCUT2D eigenvalue weighted by Crippen LogP contribution is -2.15. The van der Waals surface area contributed by atoms with Gasteiger partial charge in [0, 0.05) is 25.6 Å². The van der Waals surface area contributed by atoms with Crippen LogP contribution in [0.25, 0.3) is 0 Å². The number of primary amides is 1. The number of thioether (sulfide) groups is 1. The Labute approximate surface area is 145 Å². The number of nitrogens with two attached hydrogens (primary N) is 1. The summed E-state index contributed by atoms with van der Waals surface area (Å²) in [6, 6.07) is 7.78. The van der Waals surface area contributed by atoms with E-state index in [1.807, 2.05) is 24.3 Å². The van der Waals surface area contributed by atoms with Crippen molar-refractivity contribution in [2.45, 2.75) is 31.3 Å². The number of carbonyl (C=O) groups excluding carboxylic acids is 2. The molecule has 1 aromatic heterocycles. The SMILES string of the molecule is CCc1ccc(NC(=O)CSc2nnc(CCC(N)=O)n2C)cc1. The van der Waals surface area contributed by atoms with Crippen molar-refractivity contribution in [3.63, 3.8) is 0 Å². The first-order valence-corrected chi connectivity index (χ1v) is 8.66. The van der Waals surface area contributed by atoms with Crippen LogP contribution in [0.3, 0.4) is 0 Å². The summed E-state index contributed by atoms with van der Waals surface area (Å²) in [4.78, 5) is 22.8. The average molecular weight is 347 g/mol. The molecule has 8 heteroatoms. The van der Waals surface area contributed by atoms with Crippen LogP contribution in [0.4, 0.5) is 5.69 Å². The summed E-state index contributed by atoms with van der Waals surface area (Å²) in [5.74, 6) is 0.426. The van der Waals surface area contributed by atoms with Gasteiger partial charge in [-0.3, -0.25) is 9.59 Å². The van der Waals surface area contributed by atoms with Crippen molar-refractivity contribution in [3.8, 4) is 0 Å². The van der Waals surface area contributed by atoms with Crippen molar-refractivity contribution in [1.29, 1.82) is 0 Å². The predicted octanol–water partition coefficient (Wildman–Crippen LogP) is 1.53. The first kappa shape index (κ1) is 18.0. The van der Waals surface area contributed by atoms with Gasteiger partial charge in [0.25, 0.3) is 0 Å². The summed E-state index contributed by atoms with van der Waals surface area (Å²) in [5, 5.41) is 11.5. The van der Waals surface area contributed by atoms with Crippen LogP contribution < -0.4 is 11.1 Å². The van der Waals surface area contributed by atoms with Crippen LogP contribution in [0.15, 0.2) is 29.4 Å². The van der Waals surface area contributed by atoms with E-state index in [9.17, 15) is 9.59 Å². The summed E-state index contributed by atoms with van der Waals surface area (Å²) in [7, 11) is 1.81. The Morgan fingerprint density at radius 1 is 1.25 bits per heavy atom. The second-order valence-electron chi connectivity index (χ2n) is 5.31. The largest absolute Gasteiger partial charge is 0.370 e. The summed E-state index contributed by atoms with van der Waals surface area (Å²) in [6.45, 7) is 2.09. The lowest BCUT2D eigenvalue weighted by Gasteiger charge is -2.06. The molecule has 2 rings (SSSR count). The average Bonchev–Trinajstić information content (AvgIpc) is 2.92. The summed E-state index contributed by atoms with van der Waals surface area (Å²) in [5.41, 5.74) is 7.14. The first-order chi connectivity index (χ1) is 11.5. The van der Waals surface area contributed by atoms with Crippen LogP contribution in [0.5, 0.6) is 0 Å². The summed E-state index contributed by atoms with van der Waals surface area (Å²) in [6.07, 6.45) is 1.63. The second-order valence-corrected chi connectivity index (χ2v) is 6.25. The number of aryl methyl sites for hydroxylation is 2. The third kappa shape index (κ3) is 5.09. The molecule has 2 aromatic rings. The molecule has 0 spiro atoms.